The Morgan fingerprint density at radius 1 is 0.943 bits per heavy atom. The van der Waals surface area contributed by atoms with Crippen molar-refractivity contribution in [2.75, 3.05) is 38.3 Å². The molecule has 0 unspecified atom stereocenters. The summed E-state index contributed by atoms with van der Waals surface area (Å²) in [5.41, 5.74) is 3.28. The van der Waals surface area contributed by atoms with Crippen LogP contribution in [0.15, 0.2) is 66.7 Å². The van der Waals surface area contributed by atoms with E-state index in [0.717, 1.165) is 48.9 Å². The monoisotopic (exact) mass is 510 g/mol. The fourth-order valence-electron chi connectivity index (χ4n) is 5.21. The van der Waals surface area contributed by atoms with Crippen molar-refractivity contribution in [3.05, 3.63) is 87.9 Å². The van der Waals surface area contributed by atoms with Gasteiger partial charge in [0, 0.05) is 34.2 Å². The lowest BCUT2D eigenvalue weighted by Gasteiger charge is -2.40. The summed E-state index contributed by atoms with van der Waals surface area (Å²) in [6.07, 6.45) is 1.94. The van der Waals surface area contributed by atoms with Gasteiger partial charge in [0.05, 0.1) is 7.11 Å². The minimum Gasteiger partial charge on any atom is -0.497 e. The molecule has 0 atom stereocenters. The summed E-state index contributed by atoms with van der Waals surface area (Å²) in [4.78, 5) is 17.6. The maximum atomic E-state index is 13.3. The van der Waals surface area contributed by atoms with Gasteiger partial charge in [-0.15, -0.1) is 0 Å². The molecule has 182 valence electrons. The minimum absolute atomic E-state index is 0.0237. The zero-order valence-corrected chi connectivity index (χ0v) is 21.2. The molecule has 0 N–H and O–H groups in total. The van der Waals surface area contributed by atoms with Gasteiger partial charge in [-0.3, -0.25) is 9.69 Å². The molecule has 35 heavy (non-hydrogen) atoms. The van der Waals surface area contributed by atoms with Gasteiger partial charge in [0.15, 0.2) is 6.61 Å². The smallest absolute Gasteiger partial charge is 0.264 e. The Hall–Kier alpha value is -2.73. The third-order valence-corrected chi connectivity index (χ3v) is 7.60. The van der Waals surface area contributed by atoms with E-state index in [2.05, 4.69) is 17.0 Å². The Balaban J connectivity index is 1.31. The number of nitrogens with zero attached hydrogens (tertiary/aromatic N) is 2. The molecule has 0 saturated carbocycles. The number of halogens is 2. The summed E-state index contributed by atoms with van der Waals surface area (Å²) in [5, 5.41) is 1.40. The van der Waals surface area contributed by atoms with Crippen LogP contribution in [0, 0.1) is 0 Å². The summed E-state index contributed by atoms with van der Waals surface area (Å²) >= 11 is 12.1. The number of anilines is 1. The number of carbonyl (C=O) groups is 1. The van der Waals surface area contributed by atoms with Crippen LogP contribution < -0.4 is 14.4 Å². The minimum atomic E-state index is -0.0926. The molecule has 2 aliphatic heterocycles. The zero-order valence-electron chi connectivity index (χ0n) is 19.7. The third kappa shape index (κ3) is 5.13. The van der Waals surface area contributed by atoms with Gasteiger partial charge in [-0.05, 0) is 91.7 Å². The van der Waals surface area contributed by atoms with E-state index in [-0.39, 0.29) is 17.9 Å². The Bertz CT molecular complexity index is 1210. The standard InChI is InChI=1S/C28H28Cl2N2O3/c1-34-24-9-10-26-25(16-24)28(11-13-31(14-12-28)17-20-3-2-4-22(30)15-20)19-32(26)27(33)18-35-23-7-5-21(29)6-8-23/h2-10,15-16H,11-14,17-19H2,1H3. The van der Waals surface area contributed by atoms with Crippen molar-refractivity contribution >= 4 is 34.8 Å². The molecular formula is C28H28Cl2N2O3. The summed E-state index contributed by atoms with van der Waals surface area (Å²) in [6, 6.07) is 21.1. The SMILES string of the molecule is COc1ccc2c(c1)C1(CCN(Cc3cccc(Cl)c3)CC1)CN2C(=O)COc1ccc(Cl)cc1. The molecule has 1 fully saturated rings. The van der Waals surface area contributed by atoms with Crippen LogP contribution in [0.4, 0.5) is 5.69 Å². The van der Waals surface area contributed by atoms with Gasteiger partial charge in [0.1, 0.15) is 11.5 Å². The maximum absolute atomic E-state index is 13.3. The highest BCUT2D eigenvalue weighted by Crippen LogP contribution is 2.48. The number of likely N-dealkylation sites (tertiary alicyclic amines) is 1. The van der Waals surface area contributed by atoms with Gasteiger partial charge in [0.25, 0.3) is 5.91 Å². The van der Waals surface area contributed by atoms with E-state index in [9.17, 15) is 4.79 Å². The van der Waals surface area contributed by atoms with Gasteiger partial charge >= 0.3 is 0 Å². The van der Waals surface area contributed by atoms with Crippen LogP contribution in [0.5, 0.6) is 11.5 Å². The van der Waals surface area contributed by atoms with Crippen molar-refractivity contribution in [3.8, 4) is 11.5 Å². The van der Waals surface area contributed by atoms with Crippen molar-refractivity contribution in [1.29, 1.82) is 0 Å². The second-order valence-corrected chi connectivity index (χ2v) is 10.2. The normalized spacial score (nSPS) is 16.8. The first-order valence-electron chi connectivity index (χ1n) is 11.8. The molecule has 2 aliphatic rings. The summed E-state index contributed by atoms with van der Waals surface area (Å²) in [7, 11) is 1.68. The quantitative estimate of drug-likeness (QED) is 0.410. The number of methoxy groups -OCH3 is 1. The highest BCUT2D eigenvalue weighted by molar-refractivity contribution is 6.30. The second kappa shape index (κ2) is 10.1. The molecule has 0 aromatic heterocycles. The van der Waals surface area contributed by atoms with Crippen LogP contribution in [0.25, 0.3) is 0 Å². The zero-order chi connectivity index (χ0) is 24.4. The van der Waals surface area contributed by atoms with Crippen molar-refractivity contribution < 1.29 is 14.3 Å². The van der Waals surface area contributed by atoms with E-state index in [4.69, 9.17) is 32.7 Å². The van der Waals surface area contributed by atoms with Crippen LogP contribution in [0.3, 0.4) is 0 Å². The van der Waals surface area contributed by atoms with Crippen molar-refractivity contribution in [2.45, 2.75) is 24.8 Å². The molecule has 0 bridgehead atoms. The molecule has 1 amide bonds. The first-order valence-corrected chi connectivity index (χ1v) is 12.6. The highest BCUT2D eigenvalue weighted by Gasteiger charge is 2.46. The molecular weight excluding hydrogens is 483 g/mol. The number of carbonyl (C=O) groups excluding carboxylic acids is 1. The van der Waals surface area contributed by atoms with Crippen LogP contribution in [0.1, 0.15) is 24.0 Å². The van der Waals surface area contributed by atoms with Crippen molar-refractivity contribution in [3.63, 3.8) is 0 Å². The van der Waals surface area contributed by atoms with Crippen molar-refractivity contribution in [1.82, 2.24) is 4.90 Å². The van der Waals surface area contributed by atoms with E-state index >= 15 is 0 Å². The van der Waals surface area contributed by atoms with Gasteiger partial charge in [-0.1, -0.05) is 35.3 Å². The van der Waals surface area contributed by atoms with E-state index in [0.29, 0.717) is 17.3 Å². The Morgan fingerprint density at radius 2 is 1.69 bits per heavy atom. The van der Waals surface area contributed by atoms with Crippen LogP contribution in [0.2, 0.25) is 10.0 Å². The number of rotatable bonds is 6. The second-order valence-electron chi connectivity index (χ2n) is 9.29. The van der Waals surface area contributed by atoms with E-state index in [1.807, 2.05) is 35.2 Å². The first kappa shape index (κ1) is 24.0. The van der Waals surface area contributed by atoms with Gasteiger partial charge in [-0.25, -0.2) is 0 Å². The number of hydrogen-bond donors (Lipinski definition) is 0. The predicted molar refractivity (Wildman–Crippen MR) is 140 cm³/mol. The molecule has 3 aromatic rings. The average molecular weight is 511 g/mol. The predicted octanol–water partition coefficient (Wildman–Crippen LogP) is 5.96. The third-order valence-electron chi connectivity index (χ3n) is 7.11. The molecule has 2 heterocycles. The van der Waals surface area contributed by atoms with Gasteiger partial charge < -0.3 is 14.4 Å². The summed E-state index contributed by atoms with van der Waals surface area (Å²) in [5.74, 6) is 1.39. The topological polar surface area (TPSA) is 42.0 Å². The number of amides is 1. The molecule has 3 aromatic carbocycles. The largest absolute Gasteiger partial charge is 0.497 e. The fraction of sp³-hybridized carbons (Fsp3) is 0.321. The van der Waals surface area contributed by atoms with E-state index in [1.54, 1.807) is 31.4 Å². The lowest BCUT2D eigenvalue weighted by Crippen LogP contribution is -2.46. The first-order chi connectivity index (χ1) is 17.0. The average Bonchev–Trinajstić information content (AvgIpc) is 3.18. The number of piperidine rings is 1. The molecule has 5 rings (SSSR count). The van der Waals surface area contributed by atoms with E-state index in [1.165, 1.54) is 11.1 Å². The Kier molecular flexibility index (Phi) is 6.92. The fourth-order valence-corrected chi connectivity index (χ4v) is 5.55. The lowest BCUT2D eigenvalue weighted by atomic mass is 9.74. The molecule has 0 radical (unpaired) electrons. The van der Waals surface area contributed by atoms with Gasteiger partial charge in [-0.2, -0.15) is 0 Å². The van der Waals surface area contributed by atoms with Crippen LogP contribution in [-0.4, -0.2) is 44.2 Å². The molecule has 1 saturated heterocycles. The molecule has 1 spiro atoms. The summed E-state index contributed by atoms with van der Waals surface area (Å²) < 4.78 is 11.3. The number of hydrogen-bond acceptors (Lipinski definition) is 4. The molecule has 5 nitrogen and oxygen atoms in total. The van der Waals surface area contributed by atoms with E-state index < -0.39 is 0 Å². The lowest BCUT2D eigenvalue weighted by molar-refractivity contribution is -0.120. The Labute approximate surface area is 216 Å². The van der Waals surface area contributed by atoms with Crippen LogP contribution >= 0.6 is 23.2 Å². The Morgan fingerprint density at radius 3 is 2.40 bits per heavy atom. The summed E-state index contributed by atoms with van der Waals surface area (Å²) in [6.45, 7) is 3.41. The van der Waals surface area contributed by atoms with Crippen LogP contribution in [-0.2, 0) is 16.8 Å². The highest BCUT2D eigenvalue weighted by atomic mass is 35.5. The van der Waals surface area contributed by atoms with Gasteiger partial charge in [0.2, 0.25) is 0 Å². The number of fused-ring (bicyclic) bond motifs is 2. The van der Waals surface area contributed by atoms with Crippen molar-refractivity contribution in [2.24, 2.45) is 0 Å². The maximum Gasteiger partial charge on any atom is 0.264 e. The number of ether oxygens (including phenoxy) is 2. The number of benzene rings is 3. The molecule has 0 aliphatic carbocycles. The molecule has 7 heteroatoms.